The molecule has 2 aromatic heterocycles. The molecular formula is C26H22ClN3O5S. The van der Waals surface area contributed by atoms with E-state index in [1.165, 1.54) is 35.7 Å². The lowest BCUT2D eigenvalue weighted by Crippen LogP contribution is -2.13. The number of nitrogens with two attached hydrogens (primary N) is 1. The van der Waals surface area contributed by atoms with Crippen LogP contribution in [0, 0.1) is 6.92 Å². The summed E-state index contributed by atoms with van der Waals surface area (Å²) < 4.78 is 11.9. The number of fused-ring (bicyclic) bond motifs is 1. The van der Waals surface area contributed by atoms with Crippen molar-refractivity contribution in [3.05, 3.63) is 80.8 Å². The topological polar surface area (TPSA) is 121 Å². The number of aldehydes is 1. The number of nitrogen functional groups attached to an aromatic ring is 1. The van der Waals surface area contributed by atoms with E-state index in [0.29, 0.717) is 44.8 Å². The number of thiophene rings is 1. The molecule has 2 heterocycles. The van der Waals surface area contributed by atoms with Crippen molar-refractivity contribution < 1.29 is 23.9 Å². The van der Waals surface area contributed by atoms with E-state index in [1.807, 2.05) is 18.4 Å². The van der Waals surface area contributed by atoms with Gasteiger partial charge in [-0.05, 0) is 43.0 Å². The number of carbonyl (C=O) groups is 3. The Balaban J connectivity index is 1.54. The lowest BCUT2D eigenvalue weighted by molar-refractivity contribution is 0.0528. The predicted molar refractivity (Wildman–Crippen MR) is 140 cm³/mol. The minimum atomic E-state index is -0.454. The van der Waals surface area contributed by atoms with Gasteiger partial charge in [-0.2, -0.15) is 0 Å². The number of hydrogen-bond acceptors (Lipinski definition) is 8. The minimum absolute atomic E-state index is 0.176. The number of pyridine rings is 1. The van der Waals surface area contributed by atoms with Crippen LogP contribution in [0.5, 0.6) is 5.75 Å². The number of amides is 1. The van der Waals surface area contributed by atoms with Gasteiger partial charge >= 0.3 is 5.97 Å². The van der Waals surface area contributed by atoms with Gasteiger partial charge in [0.15, 0.2) is 0 Å². The number of aryl methyl sites for hydroxylation is 1. The van der Waals surface area contributed by atoms with Crippen LogP contribution in [0.1, 0.15) is 49.1 Å². The summed E-state index contributed by atoms with van der Waals surface area (Å²) in [6.07, 6.45) is 2.08. The summed E-state index contributed by atoms with van der Waals surface area (Å²) >= 11 is 7.52. The predicted octanol–water partition coefficient (Wildman–Crippen LogP) is 5.66. The summed E-state index contributed by atoms with van der Waals surface area (Å²) in [5, 5.41) is 5.50. The highest BCUT2D eigenvalue weighted by Gasteiger charge is 2.19. The maximum absolute atomic E-state index is 12.7. The van der Waals surface area contributed by atoms with E-state index in [9.17, 15) is 14.4 Å². The lowest BCUT2D eigenvalue weighted by atomic mass is 10.1. The average molecular weight is 524 g/mol. The number of nitrogens with one attached hydrogen (secondary N) is 1. The van der Waals surface area contributed by atoms with Crippen molar-refractivity contribution in [3.63, 3.8) is 0 Å². The number of ether oxygens (including phenoxy) is 2. The number of benzene rings is 2. The Bertz CT molecular complexity index is 1480. The SMILES string of the molecule is CCOC(=O)c1cnc(N)c2c(COc3cc(NC(=O)c4ccc(C=O)cc4Cl)ccc3C)csc12. The molecule has 2 aromatic carbocycles. The largest absolute Gasteiger partial charge is 0.489 e. The second-order valence-electron chi connectivity index (χ2n) is 7.82. The monoisotopic (exact) mass is 523 g/mol. The molecule has 0 fully saturated rings. The van der Waals surface area contributed by atoms with Crippen molar-refractivity contribution >= 4 is 62.7 Å². The Morgan fingerprint density at radius 3 is 2.72 bits per heavy atom. The van der Waals surface area contributed by atoms with Gasteiger partial charge in [0.05, 0.1) is 27.5 Å². The first kappa shape index (κ1) is 25.2. The standard InChI is InChI=1S/C26H22ClN3O5S/c1-3-34-26(33)19-10-29-24(28)22-16(13-36-23(19)22)12-35-21-9-17(6-4-14(21)2)30-25(32)18-7-5-15(11-31)8-20(18)27/h4-11,13H,3,12H2,1-2H3,(H2,28,29)(H,30,32). The highest BCUT2D eigenvalue weighted by atomic mass is 35.5. The molecule has 0 aliphatic rings. The summed E-state index contributed by atoms with van der Waals surface area (Å²) in [4.78, 5) is 40.1. The van der Waals surface area contributed by atoms with Gasteiger partial charge in [0, 0.05) is 34.5 Å². The van der Waals surface area contributed by atoms with Gasteiger partial charge in [-0.25, -0.2) is 9.78 Å². The van der Waals surface area contributed by atoms with Crippen LogP contribution in [0.15, 0.2) is 48.0 Å². The Hall–Kier alpha value is -3.95. The van der Waals surface area contributed by atoms with E-state index in [0.717, 1.165) is 11.1 Å². The van der Waals surface area contributed by atoms with Crippen molar-refractivity contribution in [2.75, 3.05) is 17.7 Å². The highest BCUT2D eigenvalue weighted by Crippen LogP contribution is 2.34. The van der Waals surface area contributed by atoms with Crippen LogP contribution in [0.3, 0.4) is 0 Å². The van der Waals surface area contributed by atoms with Crippen LogP contribution >= 0.6 is 22.9 Å². The fraction of sp³-hybridized carbons (Fsp3) is 0.154. The van der Waals surface area contributed by atoms with Crippen LogP contribution in [-0.2, 0) is 11.3 Å². The van der Waals surface area contributed by atoms with Crippen LogP contribution in [0.2, 0.25) is 5.02 Å². The molecule has 0 atom stereocenters. The van der Waals surface area contributed by atoms with Crippen LogP contribution in [0.4, 0.5) is 11.5 Å². The summed E-state index contributed by atoms with van der Waals surface area (Å²) in [5.41, 5.74) is 9.26. The van der Waals surface area contributed by atoms with Crippen molar-refractivity contribution in [2.24, 2.45) is 0 Å². The maximum Gasteiger partial charge on any atom is 0.341 e. The lowest BCUT2D eigenvalue weighted by Gasteiger charge is -2.13. The zero-order valence-electron chi connectivity index (χ0n) is 19.5. The minimum Gasteiger partial charge on any atom is -0.489 e. The van der Waals surface area contributed by atoms with Gasteiger partial charge in [-0.1, -0.05) is 23.7 Å². The van der Waals surface area contributed by atoms with Crippen molar-refractivity contribution in [2.45, 2.75) is 20.5 Å². The third-order valence-corrected chi connectivity index (χ3v) is 6.77. The van der Waals surface area contributed by atoms with Crippen molar-refractivity contribution in [1.29, 1.82) is 0 Å². The number of anilines is 2. The normalized spacial score (nSPS) is 10.8. The smallest absolute Gasteiger partial charge is 0.341 e. The molecule has 0 radical (unpaired) electrons. The van der Waals surface area contributed by atoms with Gasteiger partial charge in [-0.15, -0.1) is 11.3 Å². The fourth-order valence-electron chi connectivity index (χ4n) is 3.57. The molecule has 0 saturated carbocycles. The number of hydrogen-bond donors (Lipinski definition) is 2. The molecule has 0 aliphatic carbocycles. The maximum atomic E-state index is 12.7. The first-order chi connectivity index (χ1) is 17.3. The molecule has 0 bridgehead atoms. The van der Waals surface area contributed by atoms with Crippen molar-refractivity contribution in [3.8, 4) is 5.75 Å². The highest BCUT2D eigenvalue weighted by molar-refractivity contribution is 7.17. The van der Waals surface area contributed by atoms with Crippen LogP contribution < -0.4 is 15.8 Å². The molecule has 1 amide bonds. The van der Waals surface area contributed by atoms with Crippen molar-refractivity contribution in [1.82, 2.24) is 4.98 Å². The molecule has 36 heavy (non-hydrogen) atoms. The molecule has 0 saturated heterocycles. The van der Waals surface area contributed by atoms with Gasteiger partial charge in [0.1, 0.15) is 24.5 Å². The molecule has 184 valence electrons. The van der Waals surface area contributed by atoms with E-state index in [4.69, 9.17) is 26.8 Å². The summed E-state index contributed by atoms with van der Waals surface area (Å²) in [5.74, 6) is -0.0123. The number of aromatic nitrogens is 1. The quantitative estimate of drug-likeness (QED) is 0.226. The average Bonchev–Trinajstić information content (AvgIpc) is 3.29. The summed E-state index contributed by atoms with van der Waals surface area (Å²) in [6, 6.07) is 9.74. The summed E-state index contributed by atoms with van der Waals surface area (Å²) in [6.45, 7) is 4.06. The van der Waals surface area contributed by atoms with Gasteiger partial charge < -0.3 is 20.5 Å². The number of rotatable bonds is 8. The molecule has 8 nitrogen and oxygen atoms in total. The Kier molecular flexibility index (Phi) is 7.52. The van der Waals surface area contributed by atoms with E-state index in [1.54, 1.807) is 19.1 Å². The molecule has 10 heteroatoms. The number of esters is 1. The third kappa shape index (κ3) is 5.17. The van der Waals surface area contributed by atoms with E-state index in [-0.39, 0.29) is 23.8 Å². The Morgan fingerprint density at radius 2 is 2.00 bits per heavy atom. The Morgan fingerprint density at radius 1 is 1.19 bits per heavy atom. The molecule has 4 rings (SSSR count). The molecule has 0 spiro atoms. The zero-order valence-corrected chi connectivity index (χ0v) is 21.0. The second-order valence-corrected chi connectivity index (χ2v) is 9.11. The zero-order chi connectivity index (χ0) is 25.8. The third-order valence-electron chi connectivity index (χ3n) is 5.40. The van der Waals surface area contributed by atoms with E-state index >= 15 is 0 Å². The Labute approximate surface area is 216 Å². The molecule has 0 aliphatic heterocycles. The second kappa shape index (κ2) is 10.8. The van der Waals surface area contributed by atoms with E-state index in [2.05, 4.69) is 10.3 Å². The first-order valence-corrected chi connectivity index (χ1v) is 12.2. The molecule has 3 N–H and O–H groups in total. The molecule has 0 unspecified atom stereocenters. The van der Waals surface area contributed by atoms with Crippen LogP contribution in [-0.4, -0.2) is 29.8 Å². The van der Waals surface area contributed by atoms with Gasteiger partial charge in [0.25, 0.3) is 5.91 Å². The summed E-state index contributed by atoms with van der Waals surface area (Å²) in [7, 11) is 0. The van der Waals surface area contributed by atoms with Gasteiger partial charge in [0.2, 0.25) is 0 Å². The van der Waals surface area contributed by atoms with Crippen LogP contribution in [0.25, 0.3) is 10.1 Å². The number of carbonyl (C=O) groups excluding carboxylic acids is 3. The fourth-order valence-corrected chi connectivity index (χ4v) is 4.90. The molecular weight excluding hydrogens is 502 g/mol. The number of nitrogens with zero attached hydrogens (tertiary/aromatic N) is 1. The number of halogens is 1. The van der Waals surface area contributed by atoms with E-state index < -0.39 is 11.9 Å². The van der Waals surface area contributed by atoms with Gasteiger partial charge in [-0.3, -0.25) is 9.59 Å². The first-order valence-electron chi connectivity index (χ1n) is 10.9. The molecule has 4 aromatic rings.